The minimum absolute atomic E-state index is 0.0382. The number of nitrogens with one attached hydrogen (secondary N) is 1. The summed E-state index contributed by atoms with van der Waals surface area (Å²) in [5, 5.41) is 3.55. The summed E-state index contributed by atoms with van der Waals surface area (Å²) in [5.41, 5.74) is 2.19. The molecule has 0 unspecified atom stereocenters. The Morgan fingerprint density at radius 1 is 1.13 bits per heavy atom. The van der Waals surface area contributed by atoms with Gasteiger partial charge >= 0.3 is 6.01 Å². The van der Waals surface area contributed by atoms with Gasteiger partial charge in [-0.05, 0) is 57.7 Å². The number of para-hydroxylation sites is 1. The zero-order chi connectivity index (χ0) is 21.1. The highest BCUT2D eigenvalue weighted by Crippen LogP contribution is 2.22. The van der Waals surface area contributed by atoms with E-state index in [1.807, 2.05) is 26.0 Å². The normalized spacial score (nSPS) is 18.9. The molecule has 1 aliphatic carbocycles. The van der Waals surface area contributed by atoms with Gasteiger partial charge in [0.05, 0.1) is 17.2 Å². The molecule has 30 heavy (non-hydrogen) atoms. The van der Waals surface area contributed by atoms with Crippen LogP contribution in [0.5, 0.6) is 6.01 Å². The number of aryl methyl sites for hydroxylation is 2. The fourth-order valence-electron chi connectivity index (χ4n) is 3.87. The number of carbonyl (C=O) groups is 1. The van der Waals surface area contributed by atoms with Crippen LogP contribution < -0.4 is 15.6 Å². The van der Waals surface area contributed by atoms with Gasteiger partial charge in [-0.2, -0.15) is 0 Å². The first kappa shape index (κ1) is 20.0. The van der Waals surface area contributed by atoms with E-state index in [0.29, 0.717) is 16.9 Å². The predicted molar refractivity (Wildman–Crippen MR) is 112 cm³/mol. The van der Waals surface area contributed by atoms with Gasteiger partial charge in [0.1, 0.15) is 12.6 Å². The molecule has 2 aromatic heterocycles. The van der Waals surface area contributed by atoms with E-state index >= 15 is 0 Å². The van der Waals surface area contributed by atoms with Crippen molar-refractivity contribution in [2.75, 3.05) is 0 Å². The maximum absolute atomic E-state index is 12.5. The second kappa shape index (κ2) is 8.61. The molecule has 1 amide bonds. The second-order valence-corrected chi connectivity index (χ2v) is 7.79. The molecule has 1 saturated carbocycles. The summed E-state index contributed by atoms with van der Waals surface area (Å²) in [6.07, 6.45) is 4.74. The Hall–Kier alpha value is -3.29. The van der Waals surface area contributed by atoms with E-state index < -0.39 is 0 Å². The Morgan fingerprint density at radius 3 is 2.57 bits per heavy atom. The molecule has 3 aromatic rings. The molecule has 0 radical (unpaired) electrons. The van der Waals surface area contributed by atoms with E-state index in [-0.39, 0.29) is 30.2 Å². The fraction of sp³-hybridized carbons (Fsp3) is 0.409. The maximum atomic E-state index is 12.5. The van der Waals surface area contributed by atoms with Crippen molar-refractivity contribution in [3.05, 3.63) is 58.4 Å². The molecular formula is C22H25N5O3. The van der Waals surface area contributed by atoms with Crippen LogP contribution in [0.25, 0.3) is 10.9 Å². The molecule has 1 fully saturated rings. The van der Waals surface area contributed by atoms with Crippen molar-refractivity contribution in [2.24, 2.45) is 0 Å². The van der Waals surface area contributed by atoms with Gasteiger partial charge < -0.3 is 10.1 Å². The number of aromatic nitrogens is 4. The maximum Gasteiger partial charge on any atom is 0.317 e. The van der Waals surface area contributed by atoms with Gasteiger partial charge in [-0.3, -0.25) is 14.2 Å². The van der Waals surface area contributed by atoms with Crippen molar-refractivity contribution in [3.8, 4) is 6.01 Å². The number of carbonyl (C=O) groups excluding carboxylic acids is 1. The van der Waals surface area contributed by atoms with Crippen LogP contribution in [0.4, 0.5) is 0 Å². The van der Waals surface area contributed by atoms with Crippen molar-refractivity contribution >= 4 is 16.8 Å². The van der Waals surface area contributed by atoms with Gasteiger partial charge in [-0.1, -0.05) is 12.1 Å². The van der Waals surface area contributed by atoms with E-state index in [1.54, 1.807) is 18.2 Å². The van der Waals surface area contributed by atoms with Crippen molar-refractivity contribution < 1.29 is 9.53 Å². The van der Waals surface area contributed by atoms with E-state index in [4.69, 9.17) is 4.74 Å². The smallest absolute Gasteiger partial charge is 0.317 e. The summed E-state index contributed by atoms with van der Waals surface area (Å²) < 4.78 is 7.28. The minimum Gasteiger partial charge on any atom is -0.460 e. The summed E-state index contributed by atoms with van der Waals surface area (Å²) in [5.74, 6) is -0.184. The number of hydrogen-bond donors (Lipinski definition) is 1. The Morgan fingerprint density at radius 2 is 1.83 bits per heavy atom. The summed E-state index contributed by atoms with van der Waals surface area (Å²) >= 11 is 0. The van der Waals surface area contributed by atoms with Crippen LogP contribution in [0.1, 0.15) is 37.1 Å². The third-order valence-electron chi connectivity index (χ3n) is 5.32. The molecule has 0 spiro atoms. The fourth-order valence-corrected chi connectivity index (χ4v) is 3.87. The summed E-state index contributed by atoms with van der Waals surface area (Å²) in [4.78, 5) is 37.9. The highest BCUT2D eigenvalue weighted by molar-refractivity contribution is 5.79. The number of benzene rings is 1. The summed E-state index contributed by atoms with van der Waals surface area (Å²) in [6, 6.07) is 9.53. The topological polar surface area (TPSA) is 99.0 Å². The number of nitrogens with zero attached hydrogens (tertiary/aromatic N) is 4. The lowest BCUT2D eigenvalue weighted by Crippen LogP contribution is -2.42. The molecule has 8 nitrogen and oxygen atoms in total. The monoisotopic (exact) mass is 407 g/mol. The molecule has 4 rings (SSSR count). The average Bonchev–Trinajstić information content (AvgIpc) is 2.71. The zero-order valence-electron chi connectivity index (χ0n) is 17.2. The Kier molecular flexibility index (Phi) is 5.74. The Bertz CT molecular complexity index is 1100. The predicted octanol–water partition coefficient (Wildman–Crippen LogP) is 2.31. The van der Waals surface area contributed by atoms with Gasteiger partial charge in [0.25, 0.3) is 5.56 Å². The standard InChI is InChI=1S/C22H25N5O3/c1-14-11-15(2)25-22(24-14)30-17-9-7-16(8-10-17)26-20(28)12-27-13-23-19-6-4-3-5-18(19)21(27)29/h3-6,11,13,16-17H,7-10,12H2,1-2H3,(H,26,28). The van der Waals surface area contributed by atoms with Crippen molar-refractivity contribution in [1.82, 2.24) is 24.8 Å². The van der Waals surface area contributed by atoms with E-state index in [0.717, 1.165) is 37.1 Å². The summed E-state index contributed by atoms with van der Waals surface area (Å²) in [7, 11) is 0. The first-order valence-corrected chi connectivity index (χ1v) is 10.2. The van der Waals surface area contributed by atoms with Gasteiger partial charge in [-0.15, -0.1) is 0 Å². The Balaban J connectivity index is 1.30. The van der Waals surface area contributed by atoms with Gasteiger partial charge in [0.15, 0.2) is 0 Å². The van der Waals surface area contributed by atoms with Gasteiger partial charge in [-0.25, -0.2) is 15.0 Å². The van der Waals surface area contributed by atoms with Gasteiger partial charge in [0.2, 0.25) is 5.91 Å². The molecule has 1 aliphatic rings. The van der Waals surface area contributed by atoms with Crippen molar-refractivity contribution in [1.29, 1.82) is 0 Å². The van der Waals surface area contributed by atoms with Crippen molar-refractivity contribution in [2.45, 2.75) is 58.2 Å². The van der Waals surface area contributed by atoms with Crippen LogP contribution in [-0.4, -0.2) is 37.6 Å². The molecule has 0 atom stereocenters. The molecule has 1 N–H and O–H groups in total. The quantitative estimate of drug-likeness (QED) is 0.697. The number of fused-ring (bicyclic) bond motifs is 1. The van der Waals surface area contributed by atoms with Crippen LogP contribution in [0.15, 0.2) is 41.5 Å². The second-order valence-electron chi connectivity index (χ2n) is 7.79. The lowest BCUT2D eigenvalue weighted by atomic mass is 9.93. The molecule has 2 heterocycles. The molecule has 156 valence electrons. The molecule has 8 heteroatoms. The molecule has 1 aromatic carbocycles. The van der Waals surface area contributed by atoms with E-state index in [2.05, 4.69) is 20.3 Å². The molecule has 0 bridgehead atoms. The summed E-state index contributed by atoms with van der Waals surface area (Å²) in [6.45, 7) is 3.80. The van der Waals surface area contributed by atoms with Crippen molar-refractivity contribution in [3.63, 3.8) is 0 Å². The number of hydrogen-bond acceptors (Lipinski definition) is 6. The Labute approximate surface area is 174 Å². The average molecular weight is 407 g/mol. The first-order chi connectivity index (χ1) is 14.5. The lowest BCUT2D eigenvalue weighted by Gasteiger charge is -2.29. The number of ether oxygens (including phenoxy) is 1. The van der Waals surface area contributed by atoms with Crippen LogP contribution in [0.3, 0.4) is 0 Å². The van der Waals surface area contributed by atoms with E-state index in [1.165, 1.54) is 10.9 Å². The molecular weight excluding hydrogens is 382 g/mol. The van der Waals surface area contributed by atoms with Crippen LogP contribution in [0, 0.1) is 13.8 Å². The van der Waals surface area contributed by atoms with Gasteiger partial charge in [0, 0.05) is 17.4 Å². The highest BCUT2D eigenvalue weighted by atomic mass is 16.5. The number of amides is 1. The largest absolute Gasteiger partial charge is 0.460 e. The number of rotatable bonds is 5. The third kappa shape index (κ3) is 4.64. The minimum atomic E-state index is -0.207. The van der Waals surface area contributed by atoms with Crippen LogP contribution >= 0.6 is 0 Å². The zero-order valence-corrected chi connectivity index (χ0v) is 17.2. The highest BCUT2D eigenvalue weighted by Gasteiger charge is 2.24. The molecule has 0 saturated heterocycles. The van der Waals surface area contributed by atoms with Crippen LogP contribution in [-0.2, 0) is 11.3 Å². The lowest BCUT2D eigenvalue weighted by molar-refractivity contribution is -0.122. The first-order valence-electron chi connectivity index (χ1n) is 10.2. The third-order valence-corrected chi connectivity index (χ3v) is 5.32. The van der Waals surface area contributed by atoms with Crippen LogP contribution in [0.2, 0.25) is 0 Å². The van der Waals surface area contributed by atoms with E-state index in [9.17, 15) is 9.59 Å². The SMILES string of the molecule is Cc1cc(C)nc(OC2CCC(NC(=O)Cn3cnc4ccccc4c3=O)CC2)n1. The molecule has 0 aliphatic heterocycles.